The Morgan fingerprint density at radius 1 is 1.32 bits per heavy atom. The van der Waals surface area contributed by atoms with E-state index in [1.54, 1.807) is 13.2 Å². The zero-order valence-corrected chi connectivity index (χ0v) is 10.6. The van der Waals surface area contributed by atoms with Gasteiger partial charge in [0.15, 0.2) is 0 Å². The van der Waals surface area contributed by atoms with Crippen molar-refractivity contribution in [1.82, 2.24) is 0 Å². The number of carbonyl (C=O) groups is 1. The van der Waals surface area contributed by atoms with Crippen LogP contribution in [0.5, 0.6) is 5.75 Å². The molecule has 0 unspecified atom stereocenters. The molecule has 0 fully saturated rings. The van der Waals surface area contributed by atoms with Crippen LogP contribution in [0.2, 0.25) is 0 Å². The van der Waals surface area contributed by atoms with Crippen LogP contribution in [-0.4, -0.2) is 19.6 Å². The number of ether oxygens (including phenoxy) is 1. The number of amides is 1. The van der Waals surface area contributed by atoms with Gasteiger partial charge in [0.25, 0.3) is 0 Å². The van der Waals surface area contributed by atoms with Gasteiger partial charge in [0, 0.05) is 11.6 Å². The molecule has 97 valence electrons. The highest BCUT2D eigenvalue weighted by Gasteiger charge is 2.07. The highest BCUT2D eigenvalue weighted by molar-refractivity contribution is 5.96. The molecule has 19 heavy (non-hydrogen) atoms. The van der Waals surface area contributed by atoms with E-state index in [0.717, 1.165) is 16.9 Å². The molecule has 0 aliphatic heterocycles. The van der Waals surface area contributed by atoms with Crippen LogP contribution in [0.4, 0.5) is 5.69 Å². The van der Waals surface area contributed by atoms with Crippen molar-refractivity contribution in [2.24, 2.45) is 5.73 Å². The van der Waals surface area contributed by atoms with Crippen LogP contribution < -0.4 is 15.8 Å². The first-order valence-electron chi connectivity index (χ1n) is 5.89. The zero-order chi connectivity index (χ0) is 13.7. The Morgan fingerprint density at radius 3 is 2.68 bits per heavy atom. The molecule has 2 aromatic carbocycles. The summed E-state index contributed by atoms with van der Waals surface area (Å²) >= 11 is 0. The second-order valence-electron chi connectivity index (χ2n) is 3.94. The van der Waals surface area contributed by atoms with Crippen LogP contribution in [0.3, 0.4) is 0 Å². The Labute approximate surface area is 112 Å². The largest absolute Gasteiger partial charge is 0.497 e. The third-order valence-corrected chi connectivity index (χ3v) is 2.71. The molecule has 1 radical (unpaired) electrons. The fourth-order valence-corrected chi connectivity index (χ4v) is 1.74. The third-order valence-electron chi connectivity index (χ3n) is 2.71. The van der Waals surface area contributed by atoms with Crippen LogP contribution in [0.1, 0.15) is 0 Å². The van der Waals surface area contributed by atoms with Gasteiger partial charge in [-0.3, -0.25) is 4.79 Å². The molecule has 4 nitrogen and oxygen atoms in total. The van der Waals surface area contributed by atoms with Crippen molar-refractivity contribution >= 4 is 11.6 Å². The number of benzene rings is 2. The van der Waals surface area contributed by atoms with Gasteiger partial charge in [-0.15, -0.1) is 0 Å². The van der Waals surface area contributed by atoms with Gasteiger partial charge in [-0.05, 0) is 17.7 Å². The van der Waals surface area contributed by atoms with Gasteiger partial charge >= 0.3 is 0 Å². The molecule has 0 aliphatic rings. The van der Waals surface area contributed by atoms with Crippen LogP contribution >= 0.6 is 0 Å². The zero-order valence-electron chi connectivity index (χ0n) is 10.6. The number of carbonyl (C=O) groups excluding carboxylic acids is 1. The van der Waals surface area contributed by atoms with E-state index in [0.29, 0.717) is 5.69 Å². The minimum absolute atomic E-state index is 0.0508. The monoisotopic (exact) mass is 255 g/mol. The molecule has 0 aromatic heterocycles. The van der Waals surface area contributed by atoms with Crippen molar-refractivity contribution in [2.45, 2.75) is 0 Å². The molecular weight excluding hydrogens is 240 g/mol. The first-order valence-corrected chi connectivity index (χ1v) is 5.89. The number of nitrogens with one attached hydrogen (secondary N) is 1. The molecule has 0 spiro atoms. The summed E-state index contributed by atoms with van der Waals surface area (Å²) in [5.41, 5.74) is 7.80. The van der Waals surface area contributed by atoms with Crippen LogP contribution in [-0.2, 0) is 4.79 Å². The maximum Gasteiger partial charge on any atom is 0.238 e. The predicted molar refractivity (Wildman–Crippen MR) is 75.0 cm³/mol. The number of rotatable bonds is 4. The maximum atomic E-state index is 11.4. The highest BCUT2D eigenvalue weighted by Crippen LogP contribution is 2.28. The quantitative estimate of drug-likeness (QED) is 0.879. The first-order chi connectivity index (χ1) is 9.24. The molecule has 0 aliphatic carbocycles. The average molecular weight is 255 g/mol. The second kappa shape index (κ2) is 6.02. The normalized spacial score (nSPS) is 10.0. The van der Waals surface area contributed by atoms with Gasteiger partial charge < -0.3 is 15.8 Å². The van der Waals surface area contributed by atoms with Gasteiger partial charge in [-0.25, -0.2) is 0 Å². The number of nitrogens with two attached hydrogens (primary N) is 1. The van der Waals surface area contributed by atoms with Crippen molar-refractivity contribution in [2.75, 3.05) is 19.0 Å². The Balaban J connectivity index is 2.35. The van der Waals surface area contributed by atoms with Crippen molar-refractivity contribution < 1.29 is 9.53 Å². The van der Waals surface area contributed by atoms with E-state index in [-0.39, 0.29) is 12.5 Å². The van der Waals surface area contributed by atoms with Crippen LogP contribution in [0.15, 0.2) is 42.5 Å². The maximum absolute atomic E-state index is 11.4. The van der Waals surface area contributed by atoms with Gasteiger partial charge in [-0.1, -0.05) is 30.3 Å². The second-order valence-corrected chi connectivity index (χ2v) is 3.94. The Morgan fingerprint density at radius 2 is 2.05 bits per heavy atom. The lowest BCUT2D eigenvalue weighted by Crippen LogP contribution is -2.22. The van der Waals surface area contributed by atoms with Gasteiger partial charge in [0.05, 0.1) is 19.3 Å². The van der Waals surface area contributed by atoms with Gasteiger partial charge in [0.1, 0.15) is 5.75 Å². The van der Waals surface area contributed by atoms with Gasteiger partial charge in [-0.2, -0.15) is 0 Å². The summed E-state index contributed by atoms with van der Waals surface area (Å²) in [6.45, 7) is -0.0508. The average Bonchev–Trinajstić information content (AvgIpc) is 2.48. The first kappa shape index (κ1) is 13.1. The Hall–Kier alpha value is -2.33. The lowest BCUT2D eigenvalue weighted by molar-refractivity contribution is -0.114. The van der Waals surface area contributed by atoms with Crippen molar-refractivity contribution in [1.29, 1.82) is 0 Å². The van der Waals surface area contributed by atoms with Crippen molar-refractivity contribution in [3.63, 3.8) is 0 Å². The lowest BCUT2D eigenvalue weighted by atomic mass is 10.0. The van der Waals surface area contributed by atoms with E-state index in [1.165, 1.54) is 0 Å². The lowest BCUT2D eigenvalue weighted by Gasteiger charge is -2.10. The summed E-state index contributed by atoms with van der Waals surface area (Å²) in [7, 11) is 1.62. The smallest absolute Gasteiger partial charge is 0.238 e. The Bertz CT molecular complexity index is 565. The van der Waals surface area contributed by atoms with Gasteiger partial charge in [0.2, 0.25) is 5.91 Å². The molecule has 2 aromatic rings. The topological polar surface area (TPSA) is 64.3 Å². The molecule has 0 saturated heterocycles. The summed E-state index contributed by atoms with van der Waals surface area (Å²) in [6, 6.07) is 16.2. The summed E-state index contributed by atoms with van der Waals surface area (Å²) < 4.78 is 5.12. The Kier molecular flexibility index (Phi) is 4.15. The number of para-hydroxylation sites is 1. The number of hydrogen-bond acceptors (Lipinski definition) is 3. The minimum Gasteiger partial charge on any atom is -0.497 e. The third kappa shape index (κ3) is 3.11. The number of anilines is 1. The molecule has 2 rings (SSSR count). The molecular formula is C15H15N2O2. The number of hydrogen-bond donors (Lipinski definition) is 2. The molecule has 0 bridgehead atoms. The van der Waals surface area contributed by atoms with E-state index >= 15 is 0 Å². The van der Waals surface area contributed by atoms with E-state index in [4.69, 9.17) is 10.5 Å². The van der Waals surface area contributed by atoms with E-state index in [9.17, 15) is 4.79 Å². The molecule has 3 N–H and O–H groups in total. The SMILES string of the molecule is COc1ccc(-c2ccc[c]c2NC(=O)CN)cc1. The fourth-order valence-electron chi connectivity index (χ4n) is 1.74. The molecule has 0 heterocycles. The highest BCUT2D eigenvalue weighted by atomic mass is 16.5. The molecule has 4 heteroatoms. The number of methoxy groups -OCH3 is 1. The summed E-state index contributed by atoms with van der Waals surface area (Å²) in [4.78, 5) is 11.4. The summed E-state index contributed by atoms with van der Waals surface area (Å²) in [5, 5.41) is 2.74. The van der Waals surface area contributed by atoms with Crippen LogP contribution in [0, 0.1) is 6.07 Å². The van der Waals surface area contributed by atoms with Crippen molar-refractivity contribution in [3.05, 3.63) is 48.5 Å². The fraction of sp³-hybridized carbons (Fsp3) is 0.133. The summed E-state index contributed by atoms with van der Waals surface area (Å²) in [6.07, 6.45) is 0. The van der Waals surface area contributed by atoms with E-state index < -0.39 is 0 Å². The van der Waals surface area contributed by atoms with E-state index in [2.05, 4.69) is 11.4 Å². The van der Waals surface area contributed by atoms with E-state index in [1.807, 2.05) is 36.4 Å². The molecule has 0 saturated carbocycles. The standard InChI is InChI=1S/C15H15N2O2/c1-19-12-8-6-11(7-9-12)13-4-2-3-5-14(13)17-15(18)10-16/h2-4,6-9H,10,16H2,1H3,(H,17,18). The van der Waals surface area contributed by atoms with Crippen molar-refractivity contribution in [3.8, 4) is 16.9 Å². The van der Waals surface area contributed by atoms with Crippen LogP contribution in [0.25, 0.3) is 11.1 Å². The predicted octanol–water partition coefficient (Wildman–Crippen LogP) is 2.06. The molecule has 0 atom stereocenters. The minimum atomic E-state index is -0.239. The molecule has 1 amide bonds. The summed E-state index contributed by atoms with van der Waals surface area (Å²) in [5.74, 6) is 0.549.